The van der Waals surface area contributed by atoms with E-state index in [2.05, 4.69) is 41.2 Å². The van der Waals surface area contributed by atoms with Crippen LogP contribution in [0.15, 0.2) is 78.3 Å². The molecule has 0 saturated heterocycles. The molecule has 0 atom stereocenters. The van der Waals surface area contributed by atoms with Gasteiger partial charge in [0.05, 0.1) is 35.4 Å². The molecule has 0 fully saturated rings. The summed E-state index contributed by atoms with van der Waals surface area (Å²) in [7, 11) is 0. The molecule has 0 amide bonds. The lowest BCUT2D eigenvalue weighted by Crippen LogP contribution is -1.93. The topological polar surface area (TPSA) is 120 Å². The highest BCUT2D eigenvalue weighted by Gasteiger charge is 1.98. The van der Waals surface area contributed by atoms with E-state index in [9.17, 15) is 0 Å². The standard InChI is InChI=1S/C9H6N4.C5H4BrN.C4H3N3/c10-4-8-5-12-13(7-8)9-2-1-3-11-6-9;6-5-2-1-3-7-4-5;5-1-4-2-6-7-3-4/h1-3,5-7H;1-4H;2-3H,(H,6,7). The van der Waals surface area contributed by atoms with Gasteiger partial charge in [0.15, 0.2) is 0 Å². The van der Waals surface area contributed by atoms with Crippen molar-refractivity contribution in [2.75, 3.05) is 0 Å². The number of hydrogen-bond donors (Lipinski definition) is 1. The van der Waals surface area contributed by atoms with Crippen molar-refractivity contribution in [2.24, 2.45) is 0 Å². The van der Waals surface area contributed by atoms with E-state index in [0.29, 0.717) is 11.1 Å². The maximum Gasteiger partial charge on any atom is 0.102 e. The Hall–Kier alpha value is -3.82. The average molecular weight is 421 g/mol. The van der Waals surface area contributed by atoms with Crippen molar-refractivity contribution < 1.29 is 0 Å². The van der Waals surface area contributed by atoms with Crippen molar-refractivity contribution >= 4 is 15.9 Å². The zero-order valence-electron chi connectivity index (χ0n) is 13.9. The van der Waals surface area contributed by atoms with Gasteiger partial charge >= 0.3 is 0 Å². The van der Waals surface area contributed by atoms with E-state index in [4.69, 9.17) is 10.5 Å². The summed E-state index contributed by atoms with van der Waals surface area (Å²) in [6, 6.07) is 11.4. The van der Waals surface area contributed by atoms with E-state index in [-0.39, 0.29) is 0 Å². The maximum atomic E-state index is 8.58. The largest absolute Gasteiger partial charge is 0.284 e. The first kappa shape index (κ1) is 19.5. The van der Waals surface area contributed by atoms with Crippen LogP contribution in [0.4, 0.5) is 0 Å². The minimum absolute atomic E-state index is 0.545. The van der Waals surface area contributed by atoms with E-state index < -0.39 is 0 Å². The lowest BCUT2D eigenvalue weighted by Gasteiger charge is -1.97. The lowest BCUT2D eigenvalue weighted by atomic mass is 10.4. The molecule has 9 heteroatoms. The molecule has 4 aromatic rings. The SMILES string of the molecule is Brc1cccnc1.N#Cc1cn[nH]c1.N#Cc1cnn(-c2cccnc2)c1. The predicted octanol–water partition coefficient (Wildman–Crippen LogP) is 3.26. The van der Waals surface area contributed by atoms with Gasteiger partial charge in [-0.05, 0) is 40.2 Å². The first-order valence-electron chi connectivity index (χ1n) is 7.52. The molecule has 0 aliphatic heterocycles. The zero-order chi connectivity index (χ0) is 19.3. The van der Waals surface area contributed by atoms with Crippen LogP contribution < -0.4 is 0 Å². The zero-order valence-corrected chi connectivity index (χ0v) is 15.5. The lowest BCUT2D eigenvalue weighted by molar-refractivity contribution is 0.874. The second kappa shape index (κ2) is 10.9. The number of pyridine rings is 2. The van der Waals surface area contributed by atoms with Crippen molar-refractivity contribution in [3.63, 3.8) is 0 Å². The molecule has 0 unspecified atom stereocenters. The number of aromatic amines is 1. The summed E-state index contributed by atoms with van der Waals surface area (Å²) >= 11 is 3.25. The number of halogens is 1. The molecule has 8 nitrogen and oxygen atoms in total. The number of H-pyrrole nitrogens is 1. The van der Waals surface area contributed by atoms with Gasteiger partial charge in [0, 0.05) is 35.5 Å². The van der Waals surface area contributed by atoms with E-state index >= 15 is 0 Å². The summed E-state index contributed by atoms with van der Waals surface area (Å²) < 4.78 is 2.64. The van der Waals surface area contributed by atoms with Crippen molar-refractivity contribution in [1.29, 1.82) is 10.5 Å². The van der Waals surface area contributed by atoms with Gasteiger partial charge in [0.25, 0.3) is 0 Å². The fraction of sp³-hybridized carbons (Fsp3) is 0. The second-order valence-electron chi connectivity index (χ2n) is 4.77. The summed E-state index contributed by atoms with van der Waals surface area (Å²) in [4.78, 5) is 7.79. The third-order valence-corrected chi connectivity index (χ3v) is 3.34. The number of hydrogen-bond acceptors (Lipinski definition) is 6. The van der Waals surface area contributed by atoms with Crippen LogP contribution in [0.3, 0.4) is 0 Å². The van der Waals surface area contributed by atoms with Gasteiger partial charge in [-0.15, -0.1) is 0 Å². The molecule has 4 rings (SSSR count). The Morgan fingerprint density at radius 2 is 1.67 bits per heavy atom. The number of aromatic nitrogens is 6. The monoisotopic (exact) mass is 420 g/mol. The van der Waals surface area contributed by atoms with E-state index in [1.165, 1.54) is 12.4 Å². The Balaban J connectivity index is 0.000000159. The summed E-state index contributed by atoms with van der Waals surface area (Å²) in [5.74, 6) is 0. The molecular formula is C18H13BrN8. The van der Waals surface area contributed by atoms with Crippen LogP contribution in [-0.4, -0.2) is 29.9 Å². The summed E-state index contributed by atoms with van der Waals surface area (Å²) in [6.45, 7) is 0. The van der Waals surface area contributed by atoms with E-state index in [0.717, 1.165) is 10.2 Å². The Bertz CT molecular complexity index is 999. The first-order valence-corrected chi connectivity index (χ1v) is 8.32. The molecule has 0 radical (unpaired) electrons. The van der Waals surface area contributed by atoms with Gasteiger partial charge in [-0.2, -0.15) is 20.7 Å². The number of nitrogens with one attached hydrogen (secondary N) is 1. The van der Waals surface area contributed by atoms with Gasteiger partial charge in [-0.1, -0.05) is 0 Å². The first-order chi connectivity index (χ1) is 13.2. The molecule has 4 heterocycles. The highest BCUT2D eigenvalue weighted by molar-refractivity contribution is 9.10. The third kappa shape index (κ3) is 6.90. The molecule has 0 aromatic carbocycles. The fourth-order valence-electron chi connectivity index (χ4n) is 1.66. The summed E-state index contributed by atoms with van der Waals surface area (Å²) in [5.41, 5.74) is 1.97. The van der Waals surface area contributed by atoms with Crippen LogP contribution in [-0.2, 0) is 0 Å². The fourth-order valence-corrected chi connectivity index (χ4v) is 1.94. The molecule has 0 saturated carbocycles. The second-order valence-corrected chi connectivity index (χ2v) is 5.68. The molecular weight excluding hydrogens is 408 g/mol. The van der Waals surface area contributed by atoms with Crippen LogP contribution in [0.2, 0.25) is 0 Å². The molecule has 0 bridgehead atoms. The minimum atomic E-state index is 0.545. The maximum absolute atomic E-state index is 8.58. The van der Waals surface area contributed by atoms with Crippen LogP contribution in [0, 0.1) is 22.7 Å². The number of nitriles is 2. The Morgan fingerprint density at radius 3 is 2.07 bits per heavy atom. The van der Waals surface area contributed by atoms with Gasteiger partial charge < -0.3 is 0 Å². The van der Waals surface area contributed by atoms with Gasteiger partial charge in [0.1, 0.15) is 12.1 Å². The smallest absolute Gasteiger partial charge is 0.102 e. The van der Waals surface area contributed by atoms with E-state index in [1.807, 2.05) is 36.4 Å². The average Bonchev–Trinajstić information content (AvgIpc) is 3.42. The summed E-state index contributed by atoms with van der Waals surface area (Å²) in [6.07, 6.45) is 13.1. The highest BCUT2D eigenvalue weighted by Crippen LogP contribution is 2.05. The van der Waals surface area contributed by atoms with Gasteiger partial charge in [-0.3, -0.25) is 15.1 Å². The summed E-state index contributed by atoms with van der Waals surface area (Å²) in [5, 5.41) is 26.8. The van der Waals surface area contributed by atoms with Crippen LogP contribution in [0.25, 0.3) is 5.69 Å². The van der Waals surface area contributed by atoms with Crippen molar-refractivity contribution in [1.82, 2.24) is 29.9 Å². The molecule has 0 aliphatic rings. The van der Waals surface area contributed by atoms with Gasteiger partial charge in [-0.25, -0.2) is 4.68 Å². The highest BCUT2D eigenvalue weighted by atomic mass is 79.9. The Labute approximate surface area is 163 Å². The molecule has 27 heavy (non-hydrogen) atoms. The van der Waals surface area contributed by atoms with Crippen molar-refractivity contribution in [3.05, 3.63) is 89.4 Å². The number of rotatable bonds is 1. The normalized spacial score (nSPS) is 8.85. The van der Waals surface area contributed by atoms with E-state index in [1.54, 1.807) is 41.9 Å². The molecule has 0 spiro atoms. The van der Waals surface area contributed by atoms with Gasteiger partial charge in [0.2, 0.25) is 0 Å². The predicted molar refractivity (Wildman–Crippen MR) is 101 cm³/mol. The minimum Gasteiger partial charge on any atom is -0.284 e. The van der Waals surface area contributed by atoms with Crippen LogP contribution >= 0.6 is 15.9 Å². The molecule has 132 valence electrons. The quantitative estimate of drug-likeness (QED) is 0.504. The third-order valence-electron chi connectivity index (χ3n) is 2.87. The molecule has 4 aromatic heterocycles. The molecule has 1 N–H and O–H groups in total. The van der Waals surface area contributed by atoms with Crippen LogP contribution in [0.1, 0.15) is 11.1 Å². The Kier molecular flexibility index (Phi) is 7.89. The van der Waals surface area contributed by atoms with Crippen molar-refractivity contribution in [3.8, 4) is 17.8 Å². The number of nitrogens with zero attached hydrogens (tertiary/aromatic N) is 7. The van der Waals surface area contributed by atoms with Crippen LogP contribution in [0.5, 0.6) is 0 Å². The molecule has 0 aliphatic carbocycles. The Morgan fingerprint density at radius 1 is 0.926 bits per heavy atom. The van der Waals surface area contributed by atoms with Crippen molar-refractivity contribution in [2.45, 2.75) is 0 Å².